The molecule has 0 spiro atoms. The molecule has 0 unspecified atom stereocenters. The van der Waals surface area contributed by atoms with Crippen LogP contribution in [0.15, 0.2) is 47.3 Å². The minimum Gasteiger partial charge on any atom is -0.468 e. The van der Waals surface area contributed by atoms with E-state index in [4.69, 9.17) is 9.15 Å². The van der Waals surface area contributed by atoms with Gasteiger partial charge >= 0.3 is 0 Å². The fourth-order valence-corrected chi connectivity index (χ4v) is 2.69. The molecule has 0 radical (unpaired) electrons. The van der Waals surface area contributed by atoms with E-state index in [0.29, 0.717) is 0 Å². The van der Waals surface area contributed by atoms with Crippen molar-refractivity contribution in [3.05, 3.63) is 54.2 Å². The van der Waals surface area contributed by atoms with Crippen molar-refractivity contribution in [2.24, 2.45) is 0 Å². The van der Waals surface area contributed by atoms with Gasteiger partial charge in [-0.15, -0.1) is 0 Å². The molecule has 0 aromatic carbocycles. The van der Waals surface area contributed by atoms with Crippen LogP contribution in [0, 0.1) is 0 Å². The number of ether oxygens (including phenoxy) is 1. The van der Waals surface area contributed by atoms with E-state index in [0.717, 1.165) is 58.2 Å². The summed E-state index contributed by atoms with van der Waals surface area (Å²) >= 11 is 0. The maximum absolute atomic E-state index is 5.50. The quantitative estimate of drug-likeness (QED) is 0.782. The molecule has 1 aliphatic heterocycles. The lowest BCUT2D eigenvalue weighted by molar-refractivity contribution is 0.0321. The minimum absolute atomic E-state index is 0.826. The lowest BCUT2D eigenvalue weighted by Gasteiger charge is -2.29. The Kier molecular flexibility index (Phi) is 5.59. The third-order valence-corrected chi connectivity index (χ3v) is 3.92. The monoisotopic (exact) mass is 301 g/mol. The van der Waals surface area contributed by atoms with Crippen molar-refractivity contribution < 1.29 is 9.15 Å². The lowest BCUT2D eigenvalue weighted by atomic mass is 10.2. The molecular weight excluding hydrogens is 278 g/mol. The van der Waals surface area contributed by atoms with Crippen LogP contribution in [0.4, 0.5) is 0 Å². The van der Waals surface area contributed by atoms with Crippen LogP contribution in [0.2, 0.25) is 0 Å². The summed E-state index contributed by atoms with van der Waals surface area (Å²) in [6.45, 7) is 7.54. The molecule has 118 valence electrons. The van der Waals surface area contributed by atoms with Gasteiger partial charge < -0.3 is 9.15 Å². The van der Waals surface area contributed by atoms with E-state index >= 15 is 0 Å². The van der Waals surface area contributed by atoms with Crippen molar-refractivity contribution in [2.45, 2.75) is 13.1 Å². The van der Waals surface area contributed by atoms with Crippen LogP contribution in [0.25, 0.3) is 0 Å². The molecule has 2 aromatic heterocycles. The number of morpholine rings is 1. The van der Waals surface area contributed by atoms with Crippen molar-refractivity contribution in [3.8, 4) is 0 Å². The molecule has 22 heavy (non-hydrogen) atoms. The van der Waals surface area contributed by atoms with Crippen molar-refractivity contribution in [3.63, 3.8) is 0 Å². The Morgan fingerprint density at radius 3 is 2.77 bits per heavy atom. The Balaban J connectivity index is 1.57. The summed E-state index contributed by atoms with van der Waals surface area (Å²) in [7, 11) is 0. The van der Waals surface area contributed by atoms with E-state index in [1.807, 2.05) is 30.6 Å². The fourth-order valence-electron chi connectivity index (χ4n) is 2.69. The van der Waals surface area contributed by atoms with Gasteiger partial charge in [0.25, 0.3) is 0 Å². The van der Waals surface area contributed by atoms with Crippen LogP contribution in [0.3, 0.4) is 0 Å². The average molecular weight is 301 g/mol. The summed E-state index contributed by atoms with van der Waals surface area (Å²) in [4.78, 5) is 9.08. The molecule has 5 nitrogen and oxygen atoms in total. The molecule has 0 atom stereocenters. The van der Waals surface area contributed by atoms with Gasteiger partial charge in [0.2, 0.25) is 0 Å². The fraction of sp³-hybridized carbons (Fsp3) is 0.471. The number of hydrogen-bond donors (Lipinski definition) is 0. The molecule has 3 heterocycles. The summed E-state index contributed by atoms with van der Waals surface area (Å²) < 4.78 is 10.9. The Morgan fingerprint density at radius 1 is 1.14 bits per heavy atom. The number of nitrogens with zero attached hydrogens (tertiary/aromatic N) is 3. The molecule has 1 saturated heterocycles. The number of aromatic nitrogens is 1. The topological polar surface area (TPSA) is 41.7 Å². The SMILES string of the molecule is c1cncc(CN(CCN2CCOCC2)Cc2ccco2)c1. The first-order valence-electron chi connectivity index (χ1n) is 7.84. The molecule has 0 saturated carbocycles. The van der Waals surface area contributed by atoms with E-state index in [9.17, 15) is 0 Å². The van der Waals surface area contributed by atoms with Gasteiger partial charge in [-0.25, -0.2) is 0 Å². The zero-order valence-electron chi connectivity index (χ0n) is 12.9. The van der Waals surface area contributed by atoms with Crippen molar-refractivity contribution >= 4 is 0 Å². The third kappa shape index (κ3) is 4.66. The van der Waals surface area contributed by atoms with Crippen LogP contribution in [0.1, 0.15) is 11.3 Å². The highest BCUT2D eigenvalue weighted by Crippen LogP contribution is 2.10. The smallest absolute Gasteiger partial charge is 0.117 e. The Hall–Kier alpha value is -1.69. The first-order chi connectivity index (χ1) is 10.9. The number of furan rings is 1. The van der Waals surface area contributed by atoms with Gasteiger partial charge in [-0.3, -0.25) is 14.8 Å². The van der Waals surface area contributed by atoms with Gasteiger partial charge in [0.05, 0.1) is 26.0 Å². The number of hydrogen-bond acceptors (Lipinski definition) is 5. The Bertz CT molecular complexity index is 524. The largest absolute Gasteiger partial charge is 0.468 e. The summed E-state index contributed by atoms with van der Waals surface area (Å²) in [5, 5.41) is 0. The Labute approximate surface area is 131 Å². The van der Waals surface area contributed by atoms with Gasteiger partial charge in [0.15, 0.2) is 0 Å². The minimum atomic E-state index is 0.826. The van der Waals surface area contributed by atoms with E-state index in [1.54, 1.807) is 6.26 Å². The highest BCUT2D eigenvalue weighted by molar-refractivity contribution is 5.08. The molecular formula is C17H23N3O2. The predicted octanol–water partition coefficient (Wildman–Crippen LogP) is 2.01. The molecule has 3 rings (SSSR count). The van der Waals surface area contributed by atoms with Crippen molar-refractivity contribution in [1.82, 2.24) is 14.8 Å². The van der Waals surface area contributed by atoms with Crippen molar-refractivity contribution in [1.29, 1.82) is 0 Å². The maximum atomic E-state index is 5.50. The number of pyridine rings is 1. The molecule has 5 heteroatoms. The van der Waals surface area contributed by atoms with Crippen LogP contribution >= 0.6 is 0 Å². The van der Waals surface area contributed by atoms with E-state index in [2.05, 4.69) is 20.9 Å². The molecule has 0 amide bonds. The predicted molar refractivity (Wildman–Crippen MR) is 84.3 cm³/mol. The molecule has 0 bridgehead atoms. The summed E-state index contributed by atoms with van der Waals surface area (Å²) in [6, 6.07) is 8.09. The molecule has 0 N–H and O–H groups in total. The zero-order valence-corrected chi connectivity index (χ0v) is 12.9. The van der Waals surface area contributed by atoms with E-state index in [1.165, 1.54) is 5.56 Å². The van der Waals surface area contributed by atoms with Gasteiger partial charge in [0, 0.05) is 45.1 Å². The summed E-state index contributed by atoms with van der Waals surface area (Å²) in [5.41, 5.74) is 1.23. The molecule has 1 aliphatic rings. The first kappa shape index (κ1) is 15.2. The van der Waals surface area contributed by atoms with Gasteiger partial charge in [0.1, 0.15) is 5.76 Å². The van der Waals surface area contributed by atoms with Crippen LogP contribution in [0.5, 0.6) is 0 Å². The number of rotatable bonds is 7. The van der Waals surface area contributed by atoms with Gasteiger partial charge in [-0.1, -0.05) is 6.07 Å². The molecule has 2 aromatic rings. The second-order valence-corrected chi connectivity index (χ2v) is 5.61. The highest BCUT2D eigenvalue weighted by atomic mass is 16.5. The summed E-state index contributed by atoms with van der Waals surface area (Å²) in [6.07, 6.45) is 5.48. The summed E-state index contributed by atoms with van der Waals surface area (Å²) in [5.74, 6) is 1.01. The van der Waals surface area contributed by atoms with E-state index < -0.39 is 0 Å². The standard InChI is InChI=1S/C17H23N3O2/c1-3-16(13-18-5-1)14-20(15-17-4-2-10-22-17)7-6-19-8-11-21-12-9-19/h1-5,10,13H,6-9,11-12,14-15H2. The van der Waals surface area contributed by atoms with E-state index in [-0.39, 0.29) is 0 Å². The third-order valence-electron chi connectivity index (χ3n) is 3.92. The van der Waals surface area contributed by atoms with Crippen LogP contribution in [-0.4, -0.2) is 54.2 Å². The molecule has 1 fully saturated rings. The first-order valence-corrected chi connectivity index (χ1v) is 7.84. The van der Waals surface area contributed by atoms with Crippen LogP contribution < -0.4 is 0 Å². The van der Waals surface area contributed by atoms with Crippen LogP contribution in [-0.2, 0) is 17.8 Å². The Morgan fingerprint density at radius 2 is 2.05 bits per heavy atom. The second-order valence-electron chi connectivity index (χ2n) is 5.61. The molecule has 0 aliphatic carbocycles. The highest BCUT2D eigenvalue weighted by Gasteiger charge is 2.14. The van der Waals surface area contributed by atoms with Gasteiger partial charge in [-0.2, -0.15) is 0 Å². The lowest BCUT2D eigenvalue weighted by Crippen LogP contribution is -2.41. The normalized spacial score (nSPS) is 16.2. The second kappa shape index (κ2) is 8.08. The van der Waals surface area contributed by atoms with Gasteiger partial charge in [-0.05, 0) is 23.8 Å². The van der Waals surface area contributed by atoms with Crippen molar-refractivity contribution in [2.75, 3.05) is 39.4 Å². The average Bonchev–Trinajstić information content (AvgIpc) is 3.08. The zero-order chi connectivity index (χ0) is 15.0. The maximum Gasteiger partial charge on any atom is 0.117 e.